The number of hydrogen-bond donors (Lipinski definition) is 2. The fraction of sp³-hybridized carbons (Fsp3) is 1.00. The Hall–Kier alpha value is -0.160. The van der Waals surface area contributed by atoms with E-state index in [4.69, 9.17) is 10.5 Å². The number of hydrogen-bond acceptors (Lipinski definition) is 4. The second kappa shape index (κ2) is 4.77. The van der Waals surface area contributed by atoms with Crippen LogP contribution in [0.5, 0.6) is 0 Å². The van der Waals surface area contributed by atoms with Crippen LogP contribution in [0.25, 0.3) is 0 Å². The van der Waals surface area contributed by atoms with E-state index in [0.29, 0.717) is 6.42 Å². The summed E-state index contributed by atoms with van der Waals surface area (Å²) in [6, 6.07) is 0. The molecule has 0 saturated carbocycles. The largest absolute Gasteiger partial charge is 0.252 e. The molecule has 0 saturated heterocycles. The van der Waals surface area contributed by atoms with Crippen LogP contribution in [0.1, 0.15) is 34.1 Å². The highest BCUT2D eigenvalue weighted by molar-refractivity contribution is 4.74. The standard InChI is InChI=1S/C8H18O4/c1-6(2)7(11-9)5-8(3,4)12-10/h6-7,9-10H,5H2,1-4H3. The van der Waals surface area contributed by atoms with Crippen molar-refractivity contribution < 1.29 is 20.3 Å². The summed E-state index contributed by atoms with van der Waals surface area (Å²) in [5, 5.41) is 17.0. The second-order valence-electron chi connectivity index (χ2n) is 3.94. The topological polar surface area (TPSA) is 58.9 Å². The first-order valence-corrected chi connectivity index (χ1v) is 4.05. The van der Waals surface area contributed by atoms with Crippen molar-refractivity contribution in [1.29, 1.82) is 0 Å². The van der Waals surface area contributed by atoms with Gasteiger partial charge in [0.2, 0.25) is 0 Å². The van der Waals surface area contributed by atoms with Crippen LogP contribution >= 0.6 is 0 Å². The molecule has 0 radical (unpaired) electrons. The zero-order chi connectivity index (χ0) is 9.78. The Morgan fingerprint density at radius 3 is 2.00 bits per heavy atom. The van der Waals surface area contributed by atoms with E-state index in [-0.39, 0.29) is 12.0 Å². The van der Waals surface area contributed by atoms with Crippen molar-refractivity contribution in [2.45, 2.75) is 45.8 Å². The molecule has 4 heteroatoms. The van der Waals surface area contributed by atoms with Crippen LogP contribution in [0.15, 0.2) is 0 Å². The summed E-state index contributed by atoms with van der Waals surface area (Å²) >= 11 is 0. The molecular weight excluding hydrogens is 160 g/mol. The molecule has 0 aromatic rings. The molecule has 0 aromatic carbocycles. The molecule has 0 amide bonds. The van der Waals surface area contributed by atoms with Gasteiger partial charge in [0.15, 0.2) is 0 Å². The summed E-state index contributed by atoms with van der Waals surface area (Å²) in [7, 11) is 0. The lowest BCUT2D eigenvalue weighted by atomic mass is 9.94. The molecule has 0 fully saturated rings. The van der Waals surface area contributed by atoms with Gasteiger partial charge in [-0.15, -0.1) is 0 Å². The van der Waals surface area contributed by atoms with Crippen molar-refractivity contribution in [2.75, 3.05) is 0 Å². The van der Waals surface area contributed by atoms with Gasteiger partial charge in [0.25, 0.3) is 0 Å². The van der Waals surface area contributed by atoms with E-state index in [1.54, 1.807) is 13.8 Å². The van der Waals surface area contributed by atoms with Gasteiger partial charge >= 0.3 is 0 Å². The van der Waals surface area contributed by atoms with E-state index < -0.39 is 5.60 Å². The van der Waals surface area contributed by atoms with E-state index >= 15 is 0 Å². The Kier molecular flexibility index (Phi) is 4.70. The second-order valence-corrected chi connectivity index (χ2v) is 3.94. The van der Waals surface area contributed by atoms with Gasteiger partial charge in [0.05, 0.1) is 6.10 Å². The first-order valence-electron chi connectivity index (χ1n) is 4.05. The highest BCUT2D eigenvalue weighted by Gasteiger charge is 2.27. The van der Waals surface area contributed by atoms with E-state index in [2.05, 4.69) is 9.78 Å². The molecular formula is C8H18O4. The van der Waals surface area contributed by atoms with Crippen molar-refractivity contribution in [1.82, 2.24) is 0 Å². The molecule has 0 heterocycles. The fourth-order valence-electron chi connectivity index (χ4n) is 0.916. The fourth-order valence-corrected chi connectivity index (χ4v) is 0.916. The van der Waals surface area contributed by atoms with E-state index in [0.717, 1.165) is 0 Å². The summed E-state index contributed by atoms with van der Waals surface area (Å²) < 4.78 is 0. The lowest BCUT2D eigenvalue weighted by molar-refractivity contribution is -0.341. The molecule has 0 aliphatic heterocycles. The normalized spacial score (nSPS) is 15.2. The molecule has 0 aliphatic carbocycles. The van der Waals surface area contributed by atoms with Crippen molar-refractivity contribution in [3.8, 4) is 0 Å². The third-order valence-corrected chi connectivity index (χ3v) is 1.82. The Balaban J connectivity index is 4.01. The maximum atomic E-state index is 8.52. The minimum atomic E-state index is -0.683. The molecule has 4 nitrogen and oxygen atoms in total. The van der Waals surface area contributed by atoms with Crippen LogP contribution < -0.4 is 0 Å². The van der Waals surface area contributed by atoms with Crippen LogP contribution in [0.3, 0.4) is 0 Å². The Bertz CT molecular complexity index is 122. The van der Waals surface area contributed by atoms with Crippen LogP contribution in [-0.2, 0) is 9.78 Å². The van der Waals surface area contributed by atoms with Crippen molar-refractivity contribution >= 4 is 0 Å². The Morgan fingerprint density at radius 1 is 1.25 bits per heavy atom. The monoisotopic (exact) mass is 178 g/mol. The summed E-state index contributed by atoms with van der Waals surface area (Å²) in [5.74, 6) is 0.185. The summed E-state index contributed by atoms with van der Waals surface area (Å²) in [4.78, 5) is 8.49. The minimum absolute atomic E-state index is 0.185. The van der Waals surface area contributed by atoms with E-state index in [1.165, 1.54) is 0 Å². The Labute approximate surface area is 73.0 Å². The molecule has 0 aliphatic rings. The van der Waals surface area contributed by atoms with Crippen LogP contribution in [0.4, 0.5) is 0 Å². The highest BCUT2D eigenvalue weighted by atomic mass is 17.1. The maximum absolute atomic E-state index is 8.52. The van der Waals surface area contributed by atoms with Gasteiger partial charge in [0, 0.05) is 6.42 Å². The first kappa shape index (κ1) is 11.8. The van der Waals surface area contributed by atoms with Gasteiger partial charge in [-0.1, -0.05) is 13.8 Å². The summed E-state index contributed by atoms with van der Waals surface area (Å²) in [6.45, 7) is 7.30. The predicted octanol–water partition coefficient (Wildman–Crippen LogP) is 2.16. The molecule has 74 valence electrons. The smallest absolute Gasteiger partial charge is 0.100 e. The molecule has 1 atom stereocenters. The van der Waals surface area contributed by atoms with Crippen molar-refractivity contribution in [3.63, 3.8) is 0 Å². The molecule has 1 unspecified atom stereocenters. The van der Waals surface area contributed by atoms with Gasteiger partial charge in [0.1, 0.15) is 5.60 Å². The van der Waals surface area contributed by atoms with E-state index in [1.807, 2.05) is 13.8 Å². The van der Waals surface area contributed by atoms with Gasteiger partial charge in [-0.25, -0.2) is 9.78 Å². The maximum Gasteiger partial charge on any atom is 0.100 e. The van der Waals surface area contributed by atoms with Crippen LogP contribution in [0, 0.1) is 5.92 Å². The number of rotatable bonds is 5. The van der Waals surface area contributed by atoms with Crippen LogP contribution in [0.2, 0.25) is 0 Å². The van der Waals surface area contributed by atoms with Crippen molar-refractivity contribution in [3.05, 3.63) is 0 Å². The lowest BCUT2D eigenvalue weighted by Crippen LogP contribution is -2.32. The van der Waals surface area contributed by atoms with Crippen LogP contribution in [-0.4, -0.2) is 22.2 Å². The minimum Gasteiger partial charge on any atom is -0.252 e. The van der Waals surface area contributed by atoms with Crippen molar-refractivity contribution in [2.24, 2.45) is 5.92 Å². The molecule has 0 aromatic heterocycles. The SMILES string of the molecule is CC(C)C(CC(C)(C)OO)OO. The molecule has 0 bridgehead atoms. The third-order valence-electron chi connectivity index (χ3n) is 1.82. The summed E-state index contributed by atoms with van der Waals surface area (Å²) in [6.07, 6.45) is 0.129. The van der Waals surface area contributed by atoms with Gasteiger partial charge in [-0.3, -0.25) is 10.5 Å². The molecule has 0 spiro atoms. The molecule has 12 heavy (non-hydrogen) atoms. The lowest BCUT2D eigenvalue weighted by Gasteiger charge is -2.26. The zero-order valence-corrected chi connectivity index (χ0v) is 8.07. The zero-order valence-electron chi connectivity index (χ0n) is 8.07. The van der Waals surface area contributed by atoms with Gasteiger partial charge < -0.3 is 0 Å². The molecule has 0 rings (SSSR count). The Morgan fingerprint density at radius 2 is 1.75 bits per heavy atom. The predicted molar refractivity (Wildman–Crippen MR) is 44.7 cm³/mol. The average molecular weight is 178 g/mol. The summed E-state index contributed by atoms with van der Waals surface area (Å²) in [5.41, 5.74) is -0.683. The average Bonchev–Trinajstić information content (AvgIpc) is 2.00. The molecule has 2 N–H and O–H groups in total. The quantitative estimate of drug-likeness (QED) is 0.500. The van der Waals surface area contributed by atoms with Gasteiger partial charge in [-0.05, 0) is 19.8 Å². The highest BCUT2D eigenvalue weighted by Crippen LogP contribution is 2.21. The first-order chi connectivity index (χ1) is 5.43. The van der Waals surface area contributed by atoms with Gasteiger partial charge in [-0.2, -0.15) is 0 Å². The third kappa shape index (κ3) is 4.01. The van der Waals surface area contributed by atoms with E-state index in [9.17, 15) is 0 Å².